The molecule has 2 fully saturated rings. The molecule has 1 aromatic carbocycles. The fourth-order valence-electron chi connectivity index (χ4n) is 5.69. The largest absolute Gasteiger partial charge is 0.477 e. The highest BCUT2D eigenvalue weighted by Gasteiger charge is 2.71. The Morgan fingerprint density at radius 3 is 3.05 bits per heavy atom. The van der Waals surface area contributed by atoms with Crippen LogP contribution in [0, 0.1) is 5.92 Å². The van der Waals surface area contributed by atoms with Gasteiger partial charge in [0.15, 0.2) is 46.4 Å². The van der Waals surface area contributed by atoms with Crippen LogP contribution in [-0.4, -0.2) is 22.6 Å². The smallest absolute Gasteiger partial charge is 0.192 e. The van der Waals surface area contributed by atoms with Crippen LogP contribution in [0.4, 0.5) is 0 Å². The highest BCUT2D eigenvalue weighted by atomic mass is 127. The summed E-state index contributed by atoms with van der Waals surface area (Å²) in [6.45, 7) is 0. The molecule has 1 spiro atoms. The molecule has 22 heavy (non-hydrogen) atoms. The van der Waals surface area contributed by atoms with Gasteiger partial charge in [-0.15, -0.1) is 0 Å². The molecule has 2 saturated carbocycles. The zero-order valence-electron chi connectivity index (χ0n) is 12.1. The third kappa shape index (κ3) is 1.29. The standard InChI is InChI=1S/C17H17IO4/c18-22-12-4-3-9-8-10-2-1-6-16-13(9)14(12)21-15(16)11(19)5-7-17(10,16)20/h3-4,10,15,20H,1-2,5-8H2/t10-,15?,16?,17?/m1/s1. The van der Waals surface area contributed by atoms with E-state index < -0.39 is 17.1 Å². The number of ether oxygens (including phenoxy) is 1. The minimum Gasteiger partial charge on any atom is -0.477 e. The molecular formula is C17H17IO4. The van der Waals surface area contributed by atoms with Crippen molar-refractivity contribution in [1.82, 2.24) is 0 Å². The van der Waals surface area contributed by atoms with Gasteiger partial charge in [-0.1, -0.05) is 12.5 Å². The van der Waals surface area contributed by atoms with Gasteiger partial charge >= 0.3 is 0 Å². The lowest BCUT2D eigenvalue weighted by atomic mass is 9.46. The summed E-state index contributed by atoms with van der Waals surface area (Å²) >= 11 is 1.85. The zero-order valence-corrected chi connectivity index (χ0v) is 14.3. The lowest BCUT2D eigenvalue weighted by molar-refractivity contribution is -0.177. The van der Waals surface area contributed by atoms with Crippen LogP contribution in [0.3, 0.4) is 0 Å². The van der Waals surface area contributed by atoms with Crippen LogP contribution < -0.4 is 7.80 Å². The maximum Gasteiger partial charge on any atom is 0.192 e. The summed E-state index contributed by atoms with van der Waals surface area (Å²) in [4.78, 5) is 12.6. The first kappa shape index (κ1) is 13.6. The molecule has 3 aliphatic carbocycles. The van der Waals surface area contributed by atoms with Crippen molar-refractivity contribution in [3.8, 4) is 11.5 Å². The van der Waals surface area contributed by atoms with Gasteiger partial charge in [-0.3, -0.25) is 4.79 Å². The third-order valence-electron chi connectivity index (χ3n) is 6.50. The predicted octanol–water partition coefficient (Wildman–Crippen LogP) is 2.86. The summed E-state index contributed by atoms with van der Waals surface area (Å²) in [5.74, 6) is 1.74. The topological polar surface area (TPSA) is 55.8 Å². The van der Waals surface area contributed by atoms with E-state index in [4.69, 9.17) is 7.80 Å². The van der Waals surface area contributed by atoms with Gasteiger partial charge in [-0.25, -0.2) is 0 Å². The molecule has 5 rings (SSSR count). The number of carbonyl (C=O) groups is 1. The fourth-order valence-corrected chi connectivity index (χ4v) is 6.03. The van der Waals surface area contributed by atoms with Crippen molar-refractivity contribution >= 4 is 28.8 Å². The molecule has 3 unspecified atom stereocenters. The van der Waals surface area contributed by atoms with Crippen LogP contribution in [0.5, 0.6) is 11.5 Å². The van der Waals surface area contributed by atoms with Crippen molar-refractivity contribution in [3.05, 3.63) is 23.3 Å². The van der Waals surface area contributed by atoms with Gasteiger partial charge in [0.2, 0.25) is 0 Å². The number of carbonyl (C=O) groups excluding carboxylic acids is 1. The molecule has 1 aromatic rings. The molecule has 0 amide bonds. The van der Waals surface area contributed by atoms with Gasteiger partial charge in [0, 0.05) is 12.0 Å². The first-order valence-corrected chi connectivity index (χ1v) is 8.86. The monoisotopic (exact) mass is 412 g/mol. The zero-order chi connectivity index (χ0) is 15.1. The van der Waals surface area contributed by atoms with Crippen LogP contribution in [0.1, 0.15) is 43.2 Å². The van der Waals surface area contributed by atoms with E-state index in [1.165, 1.54) is 5.56 Å². The Morgan fingerprint density at radius 2 is 2.23 bits per heavy atom. The third-order valence-corrected chi connectivity index (χ3v) is 6.98. The highest BCUT2D eigenvalue weighted by molar-refractivity contribution is 14.1. The molecule has 4 nitrogen and oxygen atoms in total. The van der Waals surface area contributed by atoms with Gasteiger partial charge in [-0.05, 0) is 43.2 Å². The minimum atomic E-state index is -0.800. The van der Waals surface area contributed by atoms with Crippen LogP contribution in [0.15, 0.2) is 12.1 Å². The van der Waals surface area contributed by atoms with E-state index in [-0.39, 0.29) is 11.7 Å². The summed E-state index contributed by atoms with van der Waals surface area (Å²) in [6, 6.07) is 4.02. The number of benzene rings is 1. The Balaban J connectivity index is 1.87. The van der Waals surface area contributed by atoms with Gasteiger partial charge in [0.05, 0.1) is 11.0 Å². The summed E-state index contributed by atoms with van der Waals surface area (Å²) in [5, 5.41) is 11.6. The van der Waals surface area contributed by atoms with Crippen molar-refractivity contribution in [3.63, 3.8) is 0 Å². The summed E-state index contributed by atoms with van der Waals surface area (Å²) < 4.78 is 11.6. The second-order valence-electron chi connectivity index (χ2n) is 7.16. The number of ketones is 1. The van der Waals surface area contributed by atoms with Crippen LogP contribution in [0.2, 0.25) is 0 Å². The quantitative estimate of drug-likeness (QED) is 0.721. The Bertz CT molecular complexity index is 702. The molecule has 0 aromatic heterocycles. The van der Waals surface area contributed by atoms with Crippen molar-refractivity contribution in [2.45, 2.75) is 55.6 Å². The van der Waals surface area contributed by atoms with Gasteiger partial charge in [0.1, 0.15) is 0 Å². The van der Waals surface area contributed by atoms with Crippen LogP contribution >= 0.6 is 23.0 Å². The maximum atomic E-state index is 12.6. The highest BCUT2D eigenvalue weighted by Crippen LogP contribution is 2.66. The molecule has 4 atom stereocenters. The number of hydrogen-bond acceptors (Lipinski definition) is 4. The van der Waals surface area contributed by atoms with E-state index in [0.717, 1.165) is 31.2 Å². The SMILES string of the molecule is O=C1CCC2(O)[C@@H]3CCCC24c2c(ccc(OI)c2OC14)C3. The first-order chi connectivity index (χ1) is 10.6. The second-order valence-corrected chi connectivity index (χ2v) is 7.60. The molecule has 0 saturated heterocycles. The van der Waals surface area contributed by atoms with Crippen molar-refractivity contribution in [2.75, 3.05) is 0 Å². The number of hydrogen-bond donors (Lipinski definition) is 1. The van der Waals surface area contributed by atoms with E-state index in [9.17, 15) is 9.90 Å². The maximum absolute atomic E-state index is 12.6. The van der Waals surface area contributed by atoms with Gasteiger partial charge in [-0.2, -0.15) is 0 Å². The molecular weight excluding hydrogens is 395 g/mol. The van der Waals surface area contributed by atoms with Crippen molar-refractivity contribution in [2.24, 2.45) is 5.92 Å². The van der Waals surface area contributed by atoms with E-state index >= 15 is 0 Å². The Morgan fingerprint density at radius 1 is 1.36 bits per heavy atom. The summed E-state index contributed by atoms with van der Waals surface area (Å²) in [5.41, 5.74) is 0.961. The number of rotatable bonds is 1. The fraction of sp³-hybridized carbons (Fsp3) is 0.588. The number of Topliss-reactive ketones (excluding diaryl/α,β-unsaturated/α-hetero) is 1. The van der Waals surface area contributed by atoms with Gasteiger partial charge in [0.25, 0.3) is 0 Å². The van der Waals surface area contributed by atoms with E-state index in [1.54, 1.807) is 0 Å². The lowest BCUT2D eigenvalue weighted by Crippen LogP contribution is -2.69. The van der Waals surface area contributed by atoms with E-state index in [0.29, 0.717) is 24.3 Å². The molecule has 0 radical (unpaired) electrons. The summed E-state index contributed by atoms with van der Waals surface area (Å²) in [6.07, 6.45) is 4.27. The average Bonchev–Trinajstić information content (AvgIpc) is 2.85. The molecule has 1 N–H and O–H groups in total. The van der Waals surface area contributed by atoms with E-state index in [1.807, 2.05) is 29.1 Å². The first-order valence-electron chi connectivity index (χ1n) is 7.98. The van der Waals surface area contributed by atoms with Crippen molar-refractivity contribution < 1.29 is 17.7 Å². The normalized spacial score (nSPS) is 40.9. The molecule has 4 aliphatic rings. The van der Waals surface area contributed by atoms with Crippen LogP contribution in [0.25, 0.3) is 0 Å². The Kier molecular flexibility index (Phi) is 2.58. The molecule has 5 heteroatoms. The number of halogens is 1. The Hall–Kier alpha value is -0.820. The molecule has 116 valence electrons. The minimum absolute atomic E-state index is 0.133. The second kappa shape index (κ2) is 4.17. The Labute approximate surface area is 142 Å². The lowest BCUT2D eigenvalue weighted by Gasteiger charge is -2.59. The summed E-state index contributed by atoms with van der Waals surface area (Å²) in [7, 11) is 0. The molecule has 1 heterocycles. The van der Waals surface area contributed by atoms with Crippen LogP contribution in [-0.2, 0) is 16.6 Å². The molecule has 2 bridgehead atoms. The molecule has 1 aliphatic heterocycles. The predicted molar refractivity (Wildman–Crippen MR) is 87.4 cm³/mol. The van der Waals surface area contributed by atoms with E-state index in [2.05, 4.69) is 6.07 Å². The number of aliphatic hydroxyl groups is 1. The van der Waals surface area contributed by atoms with Crippen molar-refractivity contribution in [1.29, 1.82) is 0 Å². The average molecular weight is 412 g/mol. The van der Waals surface area contributed by atoms with Gasteiger partial charge < -0.3 is 12.9 Å².